The molecule has 0 saturated heterocycles. The third kappa shape index (κ3) is 3.42. The van der Waals surface area contributed by atoms with Crippen LogP contribution in [-0.2, 0) is 0 Å². The molecule has 0 aliphatic carbocycles. The highest BCUT2D eigenvalue weighted by Gasteiger charge is 2.19. The van der Waals surface area contributed by atoms with Crippen LogP contribution in [0.15, 0.2) is 54.6 Å². The Labute approximate surface area is 117 Å². The number of hydrogen-bond acceptors (Lipinski definition) is 2. The molecule has 0 radical (unpaired) electrons. The third-order valence-corrected chi connectivity index (χ3v) is 3.08. The molecule has 2 unspecified atom stereocenters. The highest BCUT2D eigenvalue weighted by molar-refractivity contribution is 5.94. The molecule has 0 spiro atoms. The van der Waals surface area contributed by atoms with Crippen molar-refractivity contribution >= 4 is 5.91 Å². The molecule has 0 bridgehead atoms. The molecule has 1 amide bonds. The van der Waals surface area contributed by atoms with Crippen LogP contribution in [0.1, 0.15) is 28.9 Å². The van der Waals surface area contributed by atoms with E-state index < -0.39 is 12.1 Å². The highest BCUT2D eigenvalue weighted by Crippen LogP contribution is 2.17. The molecular weight excluding hydrogens is 257 g/mol. The van der Waals surface area contributed by atoms with E-state index in [0.717, 1.165) is 0 Å². The van der Waals surface area contributed by atoms with Crippen molar-refractivity contribution in [3.63, 3.8) is 0 Å². The zero-order chi connectivity index (χ0) is 14.5. The monoisotopic (exact) mass is 273 g/mol. The lowest BCUT2D eigenvalue weighted by atomic mass is 10.0. The number of nitrogens with one attached hydrogen (secondary N) is 1. The zero-order valence-electron chi connectivity index (χ0n) is 11.1. The van der Waals surface area contributed by atoms with Gasteiger partial charge in [-0.05, 0) is 36.8 Å². The molecule has 0 aliphatic rings. The van der Waals surface area contributed by atoms with Crippen molar-refractivity contribution in [3.05, 3.63) is 71.5 Å². The zero-order valence-corrected chi connectivity index (χ0v) is 11.1. The van der Waals surface area contributed by atoms with E-state index in [4.69, 9.17) is 0 Å². The predicted octanol–water partition coefficient (Wildman–Crippen LogP) is 2.68. The van der Waals surface area contributed by atoms with Gasteiger partial charge in [0.1, 0.15) is 5.82 Å². The number of rotatable bonds is 4. The SMILES string of the molecule is CC(NC(=O)c1ccccc1)C(O)c1ccc(F)cc1. The number of aliphatic hydroxyl groups is 1. The quantitative estimate of drug-likeness (QED) is 0.899. The van der Waals surface area contributed by atoms with E-state index in [-0.39, 0.29) is 11.7 Å². The summed E-state index contributed by atoms with van der Waals surface area (Å²) in [6.45, 7) is 1.70. The third-order valence-electron chi connectivity index (χ3n) is 3.08. The first-order valence-electron chi connectivity index (χ1n) is 6.37. The summed E-state index contributed by atoms with van der Waals surface area (Å²) in [5, 5.41) is 12.9. The summed E-state index contributed by atoms with van der Waals surface area (Å²) in [5.74, 6) is -0.610. The van der Waals surface area contributed by atoms with Gasteiger partial charge in [0.2, 0.25) is 0 Å². The van der Waals surface area contributed by atoms with Crippen LogP contribution in [0.2, 0.25) is 0 Å². The van der Waals surface area contributed by atoms with Crippen LogP contribution in [0.4, 0.5) is 4.39 Å². The molecule has 0 aliphatic heterocycles. The lowest BCUT2D eigenvalue weighted by Gasteiger charge is -2.20. The molecule has 2 rings (SSSR count). The number of amides is 1. The van der Waals surface area contributed by atoms with Gasteiger partial charge in [-0.25, -0.2) is 4.39 Å². The van der Waals surface area contributed by atoms with Crippen LogP contribution in [0, 0.1) is 5.82 Å². The molecule has 0 aromatic heterocycles. The van der Waals surface area contributed by atoms with Gasteiger partial charge in [-0.3, -0.25) is 4.79 Å². The van der Waals surface area contributed by atoms with Gasteiger partial charge >= 0.3 is 0 Å². The molecular formula is C16H16FNO2. The summed E-state index contributed by atoms with van der Waals surface area (Å²) in [7, 11) is 0. The minimum absolute atomic E-state index is 0.251. The molecule has 0 heterocycles. The topological polar surface area (TPSA) is 49.3 Å². The summed E-state index contributed by atoms with van der Waals surface area (Å²) in [5.41, 5.74) is 1.10. The van der Waals surface area contributed by atoms with Crippen molar-refractivity contribution in [1.82, 2.24) is 5.32 Å². The fourth-order valence-electron chi connectivity index (χ4n) is 1.91. The first-order chi connectivity index (χ1) is 9.58. The van der Waals surface area contributed by atoms with Crippen LogP contribution in [-0.4, -0.2) is 17.1 Å². The lowest BCUT2D eigenvalue weighted by molar-refractivity contribution is 0.0852. The van der Waals surface area contributed by atoms with Crippen molar-refractivity contribution in [2.75, 3.05) is 0 Å². The first-order valence-corrected chi connectivity index (χ1v) is 6.37. The van der Waals surface area contributed by atoms with Gasteiger partial charge in [-0.1, -0.05) is 30.3 Å². The van der Waals surface area contributed by atoms with E-state index in [2.05, 4.69) is 5.32 Å². The smallest absolute Gasteiger partial charge is 0.251 e. The Morgan fingerprint density at radius 2 is 1.70 bits per heavy atom. The standard InChI is InChI=1S/C16H16FNO2/c1-11(15(19)12-7-9-14(17)10-8-12)18-16(20)13-5-3-2-4-6-13/h2-11,15,19H,1H3,(H,18,20). The second-order valence-electron chi connectivity index (χ2n) is 4.62. The van der Waals surface area contributed by atoms with Crippen molar-refractivity contribution in [2.45, 2.75) is 19.1 Å². The number of halogens is 1. The molecule has 0 fully saturated rings. The van der Waals surface area contributed by atoms with Crippen molar-refractivity contribution < 1.29 is 14.3 Å². The summed E-state index contributed by atoms with van der Waals surface area (Å²) in [4.78, 5) is 12.0. The summed E-state index contributed by atoms with van der Waals surface area (Å²) < 4.78 is 12.8. The molecule has 2 aromatic carbocycles. The highest BCUT2D eigenvalue weighted by atomic mass is 19.1. The number of carbonyl (C=O) groups excluding carboxylic acids is 1. The molecule has 3 nitrogen and oxygen atoms in total. The van der Waals surface area contributed by atoms with Gasteiger partial charge in [0, 0.05) is 5.56 Å². The van der Waals surface area contributed by atoms with E-state index >= 15 is 0 Å². The lowest BCUT2D eigenvalue weighted by Crippen LogP contribution is -2.37. The Morgan fingerprint density at radius 3 is 2.30 bits per heavy atom. The summed E-state index contributed by atoms with van der Waals surface area (Å²) in [6, 6.07) is 13.9. The normalized spacial score (nSPS) is 13.6. The molecule has 0 saturated carbocycles. The first kappa shape index (κ1) is 14.2. The minimum Gasteiger partial charge on any atom is -0.386 e. The molecule has 2 aromatic rings. The Morgan fingerprint density at radius 1 is 1.10 bits per heavy atom. The fraction of sp³-hybridized carbons (Fsp3) is 0.188. The van der Waals surface area contributed by atoms with Gasteiger partial charge in [-0.2, -0.15) is 0 Å². The van der Waals surface area contributed by atoms with E-state index in [9.17, 15) is 14.3 Å². The number of benzene rings is 2. The summed E-state index contributed by atoms with van der Waals surface area (Å²) >= 11 is 0. The average Bonchev–Trinajstić information content (AvgIpc) is 2.48. The minimum atomic E-state index is -0.886. The molecule has 104 valence electrons. The fourth-order valence-corrected chi connectivity index (χ4v) is 1.91. The summed E-state index contributed by atoms with van der Waals surface area (Å²) in [6.07, 6.45) is -0.886. The largest absolute Gasteiger partial charge is 0.386 e. The Hall–Kier alpha value is -2.20. The average molecular weight is 273 g/mol. The predicted molar refractivity (Wildman–Crippen MR) is 74.7 cm³/mol. The maximum Gasteiger partial charge on any atom is 0.251 e. The maximum atomic E-state index is 12.8. The number of hydrogen-bond donors (Lipinski definition) is 2. The van der Waals surface area contributed by atoms with Gasteiger partial charge < -0.3 is 10.4 Å². The van der Waals surface area contributed by atoms with E-state index in [1.165, 1.54) is 24.3 Å². The molecule has 4 heteroatoms. The second-order valence-corrected chi connectivity index (χ2v) is 4.62. The molecule has 2 atom stereocenters. The van der Waals surface area contributed by atoms with Crippen LogP contribution < -0.4 is 5.32 Å². The van der Waals surface area contributed by atoms with E-state index in [1.54, 1.807) is 31.2 Å². The van der Waals surface area contributed by atoms with E-state index in [0.29, 0.717) is 11.1 Å². The number of aliphatic hydroxyl groups excluding tert-OH is 1. The van der Waals surface area contributed by atoms with Crippen LogP contribution >= 0.6 is 0 Å². The van der Waals surface area contributed by atoms with Gasteiger partial charge in [-0.15, -0.1) is 0 Å². The van der Waals surface area contributed by atoms with Gasteiger partial charge in [0.25, 0.3) is 5.91 Å². The van der Waals surface area contributed by atoms with Crippen molar-refractivity contribution in [2.24, 2.45) is 0 Å². The Balaban J connectivity index is 2.02. The van der Waals surface area contributed by atoms with Crippen LogP contribution in [0.25, 0.3) is 0 Å². The number of carbonyl (C=O) groups is 1. The molecule has 20 heavy (non-hydrogen) atoms. The van der Waals surface area contributed by atoms with Gasteiger partial charge in [0.05, 0.1) is 12.1 Å². The molecule has 2 N–H and O–H groups in total. The van der Waals surface area contributed by atoms with E-state index in [1.807, 2.05) is 6.07 Å². The van der Waals surface area contributed by atoms with Crippen molar-refractivity contribution in [3.8, 4) is 0 Å². The van der Waals surface area contributed by atoms with Crippen LogP contribution in [0.5, 0.6) is 0 Å². The maximum absolute atomic E-state index is 12.8. The Bertz CT molecular complexity index is 569. The Kier molecular flexibility index (Phi) is 4.48. The van der Waals surface area contributed by atoms with Crippen LogP contribution in [0.3, 0.4) is 0 Å². The van der Waals surface area contributed by atoms with Crippen molar-refractivity contribution in [1.29, 1.82) is 0 Å². The second kappa shape index (κ2) is 6.30. The van der Waals surface area contributed by atoms with Gasteiger partial charge in [0.15, 0.2) is 0 Å².